The van der Waals surface area contributed by atoms with Gasteiger partial charge in [-0.15, -0.1) is 0 Å². The van der Waals surface area contributed by atoms with Gasteiger partial charge in [0.25, 0.3) is 0 Å². The topological polar surface area (TPSA) is 90.0 Å². The fourth-order valence-corrected chi connectivity index (χ4v) is 3.24. The summed E-state index contributed by atoms with van der Waals surface area (Å²) in [4.78, 5) is 39.0. The van der Waals surface area contributed by atoms with E-state index < -0.39 is 11.4 Å². The van der Waals surface area contributed by atoms with E-state index in [2.05, 4.69) is 5.32 Å². The summed E-state index contributed by atoms with van der Waals surface area (Å²) in [6.07, 6.45) is 0.695. The van der Waals surface area contributed by atoms with Crippen LogP contribution in [0, 0.1) is 5.41 Å². The maximum Gasteiger partial charge on any atom is 0.317 e. The van der Waals surface area contributed by atoms with Crippen LogP contribution in [-0.2, 0) is 9.59 Å². The molecule has 0 aromatic heterocycles. The van der Waals surface area contributed by atoms with Crippen molar-refractivity contribution in [2.24, 2.45) is 5.41 Å². The summed E-state index contributed by atoms with van der Waals surface area (Å²) < 4.78 is 0. The molecule has 3 rings (SSSR count). The van der Waals surface area contributed by atoms with Gasteiger partial charge >= 0.3 is 12.0 Å². The molecule has 2 atom stereocenters. The highest BCUT2D eigenvalue weighted by molar-refractivity contribution is 5.96. The number of amides is 3. The molecule has 0 saturated carbocycles. The normalized spacial score (nSPS) is 26.7. The number of carbonyl (C=O) groups excluding carboxylic acids is 2. The van der Waals surface area contributed by atoms with Crippen LogP contribution >= 0.6 is 0 Å². The number of likely N-dealkylation sites (tertiary alicyclic amines) is 1. The van der Waals surface area contributed by atoms with Gasteiger partial charge in [-0.3, -0.25) is 9.59 Å². The van der Waals surface area contributed by atoms with Crippen molar-refractivity contribution < 1.29 is 19.5 Å². The summed E-state index contributed by atoms with van der Waals surface area (Å²) in [6.45, 7) is 2.69. The molecule has 24 heavy (non-hydrogen) atoms. The first-order valence-corrected chi connectivity index (χ1v) is 8.03. The molecule has 3 amide bonds. The van der Waals surface area contributed by atoms with Gasteiger partial charge in [0.2, 0.25) is 5.91 Å². The van der Waals surface area contributed by atoms with Gasteiger partial charge in [0.05, 0.1) is 11.5 Å². The van der Waals surface area contributed by atoms with E-state index in [4.69, 9.17) is 0 Å². The van der Waals surface area contributed by atoms with Gasteiger partial charge < -0.3 is 20.2 Å². The number of carboxylic acid groups (broad SMARTS) is 1. The summed E-state index contributed by atoms with van der Waals surface area (Å²) in [7, 11) is 0. The maximum atomic E-state index is 12.4. The Hall–Kier alpha value is -2.57. The number of aliphatic carboxylic acids is 1. The summed E-state index contributed by atoms with van der Waals surface area (Å²) in [5, 5.41) is 12.1. The number of nitrogens with one attached hydrogen (secondary N) is 1. The second kappa shape index (κ2) is 6.14. The zero-order valence-corrected chi connectivity index (χ0v) is 13.6. The Morgan fingerprint density at radius 1 is 1.29 bits per heavy atom. The lowest BCUT2D eigenvalue weighted by molar-refractivity contribution is -0.147. The van der Waals surface area contributed by atoms with Crippen molar-refractivity contribution in [1.29, 1.82) is 0 Å². The molecule has 0 aliphatic carbocycles. The molecule has 2 saturated heterocycles. The molecule has 0 spiro atoms. The van der Waals surface area contributed by atoms with Crippen LogP contribution in [0.15, 0.2) is 30.3 Å². The van der Waals surface area contributed by atoms with Gasteiger partial charge in [-0.2, -0.15) is 0 Å². The number of carbonyl (C=O) groups is 3. The van der Waals surface area contributed by atoms with Crippen LogP contribution in [-0.4, -0.2) is 53.6 Å². The first-order chi connectivity index (χ1) is 11.4. The second-order valence-corrected chi connectivity index (χ2v) is 6.73. The lowest BCUT2D eigenvalue weighted by Gasteiger charge is -2.22. The Morgan fingerprint density at radius 3 is 2.62 bits per heavy atom. The summed E-state index contributed by atoms with van der Waals surface area (Å²) in [5.74, 6) is -0.910. The molecule has 1 aromatic carbocycles. The largest absolute Gasteiger partial charge is 0.481 e. The Morgan fingerprint density at radius 2 is 2.00 bits per heavy atom. The highest BCUT2D eigenvalue weighted by Gasteiger charge is 2.43. The maximum absolute atomic E-state index is 12.4. The third-order valence-electron chi connectivity index (χ3n) is 4.80. The third-order valence-corrected chi connectivity index (χ3v) is 4.80. The van der Waals surface area contributed by atoms with Gasteiger partial charge in [-0.05, 0) is 25.5 Å². The van der Waals surface area contributed by atoms with Crippen LogP contribution in [0.1, 0.15) is 19.8 Å². The van der Waals surface area contributed by atoms with Gasteiger partial charge in [-0.1, -0.05) is 18.2 Å². The van der Waals surface area contributed by atoms with Crippen LogP contribution in [0.25, 0.3) is 0 Å². The van der Waals surface area contributed by atoms with E-state index >= 15 is 0 Å². The highest BCUT2D eigenvalue weighted by Crippen LogP contribution is 2.30. The predicted octanol–water partition coefficient (Wildman–Crippen LogP) is 1.30. The molecule has 128 valence electrons. The number of rotatable bonds is 3. The minimum atomic E-state index is -0.890. The van der Waals surface area contributed by atoms with Crippen LogP contribution in [0.2, 0.25) is 0 Å². The van der Waals surface area contributed by atoms with Crippen molar-refractivity contribution >= 4 is 23.6 Å². The number of hydrogen-bond acceptors (Lipinski definition) is 3. The number of anilines is 1. The van der Waals surface area contributed by atoms with E-state index in [0.717, 1.165) is 5.69 Å². The van der Waals surface area contributed by atoms with E-state index in [1.54, 1.807) is 11.8 Å². The molecule has 0 bridgehead atoms. The first kappa shape index (κ1) is 16.3. The van der Waals surface area contributed by atoms with Crippen molar-refractivity contribution in [3.05, 3.63) is 30.3 Å². The summed E-state index contributed by atoms with van der Waals surface area (Å²) in [6, 6.07) is 8.78. The second-order valence-electron chi connectivity index (χ2n) is 6.73. The number of carboxylic acids is 1. The number of benzene rings is 1. The van der Waals surface area contributed by atoms with Crippen LogP contribution in [0.4, 0.5) is 10.5 Å². The molecule has 7 nitrogen and oxygen atoms in total. The Balaban J connectivity index is 1.59. The highest BCUT2D eigenvalue weighted by atomic mass is 16.4. The average Bonchev–Trinajstić information content (AvgIpc) is 3.12. The van der Waals surface area contributed by atoms with E-state index in [-0.39, 0.29) is 30.9 Å². The summed E-state index contributed by atoms with van der Waals surface area (Å²) in [5.41, 5.74) is -0.0716. The fraction of sp³-hybridized carbons (Fsp3) is 0.471. The molecule has 2 fully saturated rings. The monoisotopic (exact) mass is 331 g/mol. The third kappa shape index (κ3) is 3.06. The molecule has 1 aromatic rings. The number of nitrogens with zero attached hydrogens (tertiary/aromatic N) is 2. The van der Waals surface area contributed by atoms with Gasteiger partial charge in [-0.25, -0.2) is 4.79 Å². The molecule has 2 unspecified atom stereocenters. The quantitative estimate of drug-likeness (QED) is 0.873. The molecule has 2 aliphatic rings. The smallest absolute Gasteiger partial charge is 0.317 e. The minimum Gasteiger partial charge on any atom is -0.481 e. The van der Waals surface area contributed by atoms with Crippen molar-refractivity contribution in [2.75, 3.05) is 24.5 Å². The Bertz CT molecular complexity index is 663. The Kier molecular flexibility index (Phi) is 4.17. The van der Waals surface area contributed by atoms with Crippen molar-refractivity contribution in [3.63, 3.8) is 0 Å². The van der Waals surface area contributed by atoms with Gasteiger partial charge in [0.1, 0.15) is 0 Å². The lowest BCUT2D eigenvalue weighted by Crippen LogP contribution is -2.46. The average molecular weight is 331 g/mol. The first-order valence-electron chi connectivity index (χ1n) is 8.03. The van der Waals surface area contributed by atoms with E-state index in [1.165, 1.54) is 4.90 Å². The molecule has 2 aliphatic heterocycles. The zero-order chi connectivity index (χ0) is 17.3. The molecular weight excluding hydrogens is 310 g/mol. The summed E-state index contributed by atoms with van der Waals surface area (Å²) >= 11 is 0. The molecular formula is C17H21N3O4. The van der Waals surface area contributed by atoms with Crippen molar-refractivity contribution in [1.82, 2.24) is 10.2 Å². The van der Waals surface area contributed by atoms with E-state index in [0.29, 0.717) is 19.5 Å². The predicted molar refractivity (Wildman–Crippen MR) is 87.7 cm³/mol. The van der Waals surface area contributed by atoms with E-state index in [1.807, 2.05) is 30.3 Å². The minimum absolute atomic E-state index is 0.0247. The Labute approximate surface area is 140 Å². The zero-order valence-electron chi connectivity index (χ0n) is 13.6. The van der Waals surface area contributed by atoms with Crippen LogP contribution < -0.4 is 10.2 Å². The van der Waals surface area contributed by atoms with Gasteiger partial charge in [0, 0.05) is 31.7 Å². The fourth-order valence-electron chi connectivity index (χ4n) is 3.24. The van der Waals surface area contributed by atoms with Crippen LogP contribution in [0.3, 0.4) is 0 Å². The standard InChI is InChI=1S/C17H21N3O4/c1-17(15(22)23)7-8-19(11-17)16(24)18-12-9-14(21)20(10-12)13-5-3-2-4-6-13/h2-6,12H,7-11H2,1H3,(H,18,24)(H,22,23). The van der Waals surface area contributed by atoms with Crippen LogP contribution in [0.5, 0.6) is 0 Å². The number of para-hydroxylation sites is 1. The van der Waals surface area contributed by atoms with E-state index in [9.17, 15) is 19.5 Å². The van der Waals surface area contributed by atoms with Crippen molar-refractivity contribution in [3.8, 4) is 0 Å². The lowest BCUT2D eigenvalue weighted by atomic mass is 9.90. The molecule has 2 heterocycles. The molecule has 7 heteroatoms. The van der Waals surface area contributed by atoms with Gasteiger partial charge in [0.15, 0.2) is 0 Å². The number of urea groups is 1. The SMILES string of the molecule is CC1(C(=O)O)CCN(C(=O)NC2CC(=O)N(c3ccccc3)C2)C1. The molecule has 2 N–H and O–H groups in total. The number of hydrogen-bond donors (Lipinski definition) is 2. The molecule has 0 radical (unpaired) electrons. The van der Waals surface area contributed by atoms with Crippen molar-refractivity contribution in [2.45, 2.75) is 25.8 Å².